The van der Waals surface area contributed by atoms with E-state index in [2.05, 4.69) is 34.3 Å². The molecule has 0 aromatic heterocycles. The van der Waals surface area contributed by atoms with Gasteiger partial charge in [0.1, 0.15) is 5.82 Å². The Morgan fingerprint density at radius 2 is 1.78 bits per heavy atom. The van der Waals surface area contributed by atoms with Crippen molar-refractivity contribution >= 4 is 22.9 Å². The summed E-state index contributed by atoms with van der Waals surface area (Å²) >= 11 is 6.00. The van der Waals surface area contributed by atoms with Gasteiger partial charge in [0.15, 0.2) is 0 Å². The molecule has 2 aliphatic heterocycles. The number of halogens is 2. The Balaban J connectivity index is 1.75. The monoisotopic (exact) mass is 328 g/mol. The summed E-state index contributed by atoms with van der Waals surface area (Å²) in [5, 5.41) is 4.89. The summed E-state index contributed by atoms with van der Waals surface area (Å²) in [6, 6.07) is 15.5. The summed E-state index contributed by atoms with van der Waals surface area (Å²) in [6.07, 6.45) is 3.46. The van der Waals surface area contributed by atoms with Gasteiger partial charge in [-0.1, -0.05) is 35.9 Å². The number of hydrogen-bond acceptors (Lipinski definition) is 2. The van der Waals surface area contributed by atoms with Gasteiger partial charge in [-0.3, -0.25) is 10.0 Å². The molecule has 118 valence electrons. The molecule has 2 nitrogen and oxygen atoms in total. The highest BCUT2D eigenvalue weighted by molar-refractivity contribution is 6.30. The molecule has 0 N–H and O–H groups in total. The summed E-state index contributed by atoms with van der Waals surface area (Å²) in [5.41, 5.74) is 4.82. The molecule has 0 unspecified atom stereocenters. The number of allylic oxidation sites excluding steroid dienone is 1. The molecule has 4 heteroatoms. The zero-order valence-corrected chi connectivity index (χ0v) is 13.6. The van der Waals surface area contributed by atoms with Gasteiger partial charge in [-0.2, -0.15) is 0 Å². The second-order valence-corrected chi connectivity index (χ2v) is 6.43. The van der Waals surface area contributed by atoms with Gasteiger partial charge < -0.3 is 0 Å². The van der Waals surface area contributed by atoms with E-state index in [9.17, 15) is 4.39 Å². The fourth-order valence-electron chi connectivity index (χ4n) is 3.49. The first kappa shape index (κ1) is 14.6. The van der Waals surface area contributed by atoms with Crippen LogP contribution in [0.4, 0.5) is 10.1 Å². The second kappa shape index (κ2) is 5.89. The van der Waals surface area contributed by atoms with Crippen molar-refractivity contribution in [2.75, 3.05) is 18.1 Å². The molecule has 0 spiro atoms. The lowest BCUT2D eigenvalue weighted by Gasteiger charge is -2.36. The summed E-state index contributed by atoms with van der Waals surface area (Å²) < 4.78 is 13.5. The van der Waals surface area contributed by atoms with Crippen molar-refractivity contribution in [2.24, 2.45) is 0 Å². The van der Waals surface area contributed by atoms with Gasteiger partial charge in [0.25, 0.3) is 0 Å². The van der Waals surface area contributed by atoms with Crippen LogP contribution in [0.5, 0.6) is 0 Å². The van der Waals surface area contributed by atoms with E-state index in [1.807, 2.05) is 12.1 Å². The third-order valence-electron chi connectivity index (χ3n) is 4.62. The molecular weight excluding hydrogens is 311 g/mol. The van der Waals surface area contributed by atoms with Crippen molar-refractivity contribution in [1.29, 1.82) is 0 Å². The molecule has 2 heterocycles. The Kier molecular flexibility index (Phi) is 3.74. The maximum Gasteiger partial charge on any atom is 0.141 e. The second-order valence-electron chi connectivity index (χ2n) is 6.03. The number of hydrazine groups is 1. The summed E-state index contributed by atoms with van der Waals surface area (Å²) in [6.45, 7) is 1.84. The Morgan fingerprint density at radius 1 is 0.957 bits per heavy atom. The average Bonchev–Trinajstić information content (AvgIpc) is 2.98. The van der Waals surface area contributed by atoms with Gasteiger partial charge in [0.2, 0.25) is 0 Å². The molecule has 0 amide bonds. The number of fused-ring (bicyclic) bond motifs is 1. The molecule has 0 aliphatic carbocycles. The molecule has 4 rings (SSSR count). The Morgan fingerprint density at radius 3 is 2.57 bits per heavy atom. The van der Waals surface area contributed by atoms with Crippen LogP contribution in [0.2, 0.25) is 5.02 Å². The molecular formula is C19H18ClFN2. The normalized spacial score (nSPS) is 17.7. The van der Waals surface area contributed by atoms with Gasteiger partial charge in [-0.25, -0.2) is 4.39 Å². The zero-order chi connectivity index (χ0) is 15.8. The molecule has 2 aliphatic rings. The predicted molar refractivity (Wildman–Crippen MR) is 92.7 cm³/mol. The lowest BCUT2D eigenvalue weighted by Crippen LogP contribution is -2.39. The number of para-hydroxylation sites is 1. The highest BCUT2D eigenvalue weighted by Gasteiger charge is 2.32. The number of nitrogens with zero attached hydrogens (tertiary/aromatic N) is 2. The minimum Gasteiger partial charge on any atom is -0.289 e. The van der Waals surface area contributed by atoms with E-state index >= 15 is 0 Å². The van der Waals surface area contributed by atoms with Gasteiger partial charge in [0, 0.05) is 17.8 Å². The SMILES string of the molecule is Fc1ccc(C2=C3CCCCN3N(c3ccccc3)C2)cc1Cl. The van der Waals surface area contributed by atoms with Crippen molar-refractivity contribution < 1.29 is 4.39 Å². The summed E-state index contributed by atoms with van der Waals surface area (Å²) in [7, 11) is 0. The van der Waals surface area contributed by atoms with E-state index in [1.165, 1.54) is 35.9 Å². The van der Waals surface area contributed by atoms with Crippen LogP contribution < -0.4 is 5.01 Å². The minimum absolute atomic E-state index is 0.191. The zero-order valence-electron chi connectivity index (χ0n) is 12.8. The van der Waals surface area contributed by atoms with E-state index in [1.54, 1.807) is 6.07 Å². The molecule has 0 bridgehead atoms. The molecule has 2 aromatic rings. The van der Waals surface area contributed by atoms with Crippen molar-refractivity contribution in [3.8, 4) is 0 Å². The molecule has 0 atom stereocenters. The van der Waals surface area contributed by atoms with Crippen molar-refractivity contribution in [3.05, 3.63) is 70.6 Å². The van der Waals surface area contributed by atoms with E-state index in [4.69, 9.17) is 11.6 Å². The first-order valence-electron chi connectivity index (χ1n) is 8.01. The Hall–Kier alpha value is -2.00. The minimum atomic E-state index is -0.362. The summed E-state index contributed by atoms with van der Waals surface area (Å²) in [4.78, 5) is 0. The largest absolute Gasteiger partial charge is 0.289 e. The lowest BCUT2D eigenvalue weighted by atomic mass is 9.99. The topological polar surface area (TPSA) is 6.48 Å². The van der Waals surface area contributed by atoms with Crippen molar-refractivity contribution in [1.82, 2.24) is 5.01 Å². The van der Waals surface area contributed by atoms with Crippen molar-refractivity contribution in [3.63, 3.8) is 0 Å². The van der Waals surface area contributed by atoms with Crippen LogP contribution in [0.25, 0.3) is 5.57 Å². The van der Waals surface area contributed by atoms with Crippen LogP contribution in [0.1, 0.15) is 24.8 Å². The fraction of sp³-hybridized carbons (Fsp3) is 0.263. The van der Waals surface area contributed by atoms with Crippen molar-refractivity contribution in [2.45, 2.75) is 19.3 Å². The Bertz CT molecular complexity index is 757. The van der Waals surface area contributed by atoms with E-state index in [-0.39, 0.29) is 10.8 Å². The maximum atomic E-state index is 13.5. The van der Waals surface area contributed by atoms with Gasteiger partial charge >= 0.3 is 0 Å². The lowest BCUT2D eigenvalue weighted by molar-refractivity contribution is 0.294. The van der Waals surface area contributed by atoms with E-state index in [0.29, 0.717) is 0 Å². The number of hydrogen-bond donors (Lipinski definition) is 0. The first-order valence-corrected chi connectivity index (χ1v) is 8.39. The van der Waals surface area contributed by atoms with Gasteiger partial charge in [-0.05, 0) is 49.1 Å². The highest BCUT2D eigenvalue weighted by Crippen LogP contribution is 2.39. The van der Waals surface area contributed by atoms with Crippen LogP contribution in [0.15, 0.2) is 54.2 Å². The molecule has 23 heavy (non-hydrogen) atoms. The van der Waals surface area contributed by atoms with E-state index in [0.717, 1.165) is 25.1 Å². The third-order valence-corrected chi connectivity index (χ3v) is 4.90. The molecule has 1 fully saturated rings. The highest BCUT2D eigenvalue weighted by atomic mass is 35.5. The molecule has 2 aromatic carbocycles. The Labute approximate surface area is 140 Å². The van der Waals surface area contributed by atoms with Crippen LogP contribution in [-0.4, -0.2) is 18.1 Å². The van der Waals surface area contributed by atoms with E-state index < -0.39 is 0 Å². The van der Waals surface area contributed by atoms with Crippen LogP contribution in [0.3, 0.4) is 0 Å². The van der Waals surface area contributed by atoms with Gasteiger partial charge in [0.05, 0.1) is 17.3 Å². The average molecular weight is 329 g/mol. The predicted octanol–water partition coefficient (Wildman–Crippen LogP) is 5.11. The number of anilines is 1. The molecule has 0 radical (unpaired) electrons. The molecule has 0 saturated carbocycles. The number of benzene rings is 2. The third kappa shape index (κ3) is 2.59. The fourth-order valence-corrected chi connectivity index (χ4v) is 3.67. The van der Waals surface area contributed by atoms with Crippen LogP contribution in [-0.2, 0) is 0 Å². The quantitative estimate of drug-likeness (QED) is 0.755. The van der Waals surface area contributed by atoms with Gasteiger partial charge in [-0.15, -0.1) is 0 Å². The number of rotatable bonds is 2. The standard InChI is InChI=1S/C19H18ClFN2/c20-17-12-14(9-10-18(17)21)16-13-23(15-6-2-1-3-7-15)22-11-5-4-8-19(16)22/h1-3,6-7,9-10,12H,4-5,8,11,13H2. The number of piperidine rings is 1. The molecule has 1 saturated heterocycles. The summed E-state index contributed by atoms with van der Waals surface area (Å²) in [5.74, 6) is -0.362. The first-order chi connectivity index (χ1) is 11.2. The van der Waals surface area contributed by atoms with Crippen LogP contribution >= 0.6 is 11.6 Å². The maximum absolute atomic E-state index is 13.5. The van der Waals surface area contributed by atoms with Crippen LogP contribution in [0, 0.1) is 5.82 Å². The smallest absolute Gasteiger partial charge is 0.141 e.